The third-order valence-electron chi connectivity index (χ3n) is 4.62. The molecule has 0 radical (unpaired) electrons. The summed E-state index contributed by atoms with van der Waals surface area (Å²) in [5.74, 6) is 0.802. The lowest BCUT2D eigenvalue weighted by Gasteiger charge is -2.33. The Labute approximate surface area is 114 Å². The van der Waals surface area contributed by atoms with Crippen molar-refractivity contribution in [2.75, 3.05) is 13.1 Å². The number of hydrogen-bond acceptors (Lipinski definition) is 2. The van der Waals surface area contributed by atoms with Gasteiger partial charge in [0.25, 0.3) is 0 Å². The van der Waals surface area contributed by atoms with E-state index in [2.05, 4.69) is 12.2 Å². The van der Waals surface area contributed by atoms with E-state index in [1.165, 1.54) is 19.3 Å². The van der Waals surface area contributed by atoms with Gasteiger partial charge in [0, 0.05) is 25.0 Å². The third-order valence-corrected chi connectivity index (χ3v) is 4.62. The van der Waals surface area contributed by atoms with Crippen molar-refractivity contribution in [3.8, 4) is 0 Å². The first-order chi connectivity index (χ1) is 9.08. The van der Waals surface area contributed by atoms with Crippen LogP contribution in [0.25, 0.3) is 0 Å². The number of piperidine rings is 1. The Morgan fingerprint density at radius 3 is 2.32 bits per heavy atom. The predicted octanol–water partition coefficient (Wildman–Crippen LogP) is 1.47. The average molecular weight is 267 g/mol. The lowest BCUT2D eigenvalue weighted by atomic mass is 9.85. The summed E-state index contributed by atoms with van der Waals surface area (Å²) in [6.07, 6.45) is 6.28. The van der Waals surface area contributed by atoms with Crippen molar-refractivity contribution in [3.05, 3.63) is 0 Å². The zero-order valence-electron chi connectivity index (χ0n) is 11.7. The second-order valence-corrected chi connectivity index (χ2v) is 5.98. The van der Waals surface area contributed by atoms with E-state index in [1.807, 2.05) is 0 Å². The maximum Gasteiger partial charge on any atom is 0.314 e. The van der Waals surface area contributed by atoms with Crippen LogP contribution < -0.4 is 11.1 Å². The maximum atomic E-state index is 12.2. The molecule has 0 aromatic rings. The van der Waals surface area contributed by atoms with Crippen LogP contribution in [0, 0.1) is 11.8 Å². The van der Waals surface area contributed by atoms with Gasteiger partial charge < -0.3 is 16.0 Å². The standard InChI is InChI=1S/C14H25N3O2/c1-10-4-2-3-5-12(10)16-13(18)11-6-8-17(9-7-11)14(15)19/h10-12H,2-9H2,1H3,(H2,15,19)(H,16,18). The summed E-state index contributed by atoms with van der Waals surface area (Å²) < 4.78 is 0. The van der Waals surface area contributed by atoms with Gasteiger partial charge in [-0.25, -0.2) is 4.79 Å². The molecule has 1 heterocycles. The van der Waals surface area contributed by atoms with Gasteiger partial charge in [-0.15, -0.1) is 0 Å². The first kappa shape index (κ1) is 14.2. The van der Waals surface area contributed by atoms with E-state index in [-0.39, 0.29) is 17.9 Å². The van der Waals surface area contributed by atoms with E-state index in [0.29, 0.717) is 25.0 Å². The number of carbonyl (C=O) groups is 2. The maximum absolute atomic E-state index is 12.2. The van der Waals surface area contributed by atoms with Crippen LogP contribution >= 0.6 is 0 Å². The van der Waals surface area contributed by atoms with E-state index >= 15 is 0 Å². The van der Waals surface area contributed by atoms with Gasteiger partial charge in [-0.3, -0.25) is 4.79 Å². The highest BCUT2D eigenvalue weighted by molar-refractivity contribution is 5.79. The molecule has 1 aliphatic heterocycles. The second-order valence-electron chi connectivity index (χ2n) is 5.98. The highest BCUT2D eigenvalue weighted by Gasteiger charge is 2.29. The minimum absolute atomic E-state index is 0.0460. The smallest absolute Gasteiger partial charge is 0.314 e. The van der Waals surface area contributed by atoms with Crippen molar-refractivity contribution in [1.29, 1.82) is 0 Å². The highest BCUT2D eigenvalue weighted by atomic mass is 16.2. The van der Waals surface area contributed by atoms with Crippen LogP contribution in [0.4, 0.5) is 4.79 Å². The number of nitrogens with one attached hydrogen (secondary N) is 1. The fraction of sp³-hybridized carbons (Fsp3) is 0.857. The Morgan fingerprint density at radius 2 is 1.74 bits per heavy atom. The minimum atomic E-state index is -0.375. The number of carbonyl (C=O) groups excluding carboxylic acids is 2. The summed E-state index contributed by atoms with van der Waals surface area (Å²) in [5.41, 5.74) is 5.24. The number of nitrogens with two attached hydrogens (primary N) is 1. The van der Waals surface area contributed by atoms with Gasteiger partial charge in [0.1, 0.15) is 0 Å². The Hall–Kier alpha value is -1.26. The lowest BCUT2D eigenvalue weighted by molar-refractivity contribution is -0.127. The summed E-state index contributed by atoms with van der Waals surface area (Å²) in [4.78, 5) is 24.9. The van der Waals surface area contributed by atoms with E-state index in [4.69, 9.17) is 5.73 Å². The van der Waals surface area contributed by atoms with E-state index in [0.717, 1.165) is 19.3 Å². The van der Waals surface area contributed by atoms with Gasteiger partial charge in [-0.1, -0.05) is 19.8 Å². The van der Waals surface area contributed by atoms with Crippen molar-refractivity contribution in [2.24, 2.45) is 17.6 Å². The summed E-state index contributed by atoms with van der Waals surface area (Å²) in [5, 5.41) is 3.21. The number of hydrogen-bond donors (Lipinski definition) is 2. The van der Waals surface area contributed by atoms with E-state index in [9.17, 15) is 9.59 Å². The molecule has 0 bridgehead atoms. The average Bonchev–Trinajstić information content (AvgIpc) is 2.41. The largest absolute Gasteiger partial charge is 0.353 e. The Morgan fingerprint density at radius 1 is 1.11 bits per heavy atom. The molecule has 1 saturated carbocycles. The molecule has 0 spiro atoms. The molecular weight excluding hydrogens is 242 g/mol. The monoisotopic (exact) mass is 267 g/mol. The minimum Gasteiger partial charge on any atom is -0.353 e. The van der Waals surface area contributed by atoms with Gasteiger partial charge in [0.15, 0.2) is 0 Å². The molecule has 2 rings (SSSR count). The quantitative estimate of drug-likeness (QED) is 0.795. The number of amides is 3. The molecule has 1 aliphatic carbocycles. The van der Waals surface area contributed by atoms with Gasteiger partial charge in [-0.05, 0) is 31.6 Å². The fourth-order valence-electron chi connectivity index (χ4n) is 3.19. The summed E-state index contributed by atoms with van der Waals surface area (Å²) >= 11 is 0. The van der Waals surface area contributed by atoms with Gasteiger partial charge in [0.2, 0.25) is 5.91 Å². The Kier molecular flexibility index (Phi) is 4.66. The molecule has 19 heavy (non-hydrogen) atoms. The molecule has 0 aromatic heterocycles. The summed E-state index contributed by atoms with van der Waals surface area (Å²) in [6, 6.07) is -0.0322. The highest BCUT2D eigenvalue weighted by Crippen LogP contribution is 2.25. The summed E-state index contributed by atoms with van der Waals surface area (Å²) in [6.45, 7) is 3.43. The number of urea groups is 1. The molecule has 3 N–H and O–H groups in total. The zero-order valence-corrected chi connectivity index (χ0v) is 11.7. The van der Waals surface area contributed by atoms with Crippen molar-refractivity contribution >= 4 is 11.9 Å². The third kappa shape index (κ3) is 3.61. The normalized spacial score (nSPS) is 29.0. The van der Waals surface area contributed by atoms with Crippen LogP contribution in [-0.2, 0) is 4.79 Å². The lowest BCUT2D eigenvalue weighted by Crippen LogP contribution is -2.48. The predicted molar refractivity (Wildman–Crippen MR) is 73.4 cm³/mol. The molecule has 2 atom stereocenters. The second kappa shape index (κ2) is 6.26. The van der Waals surface area contributed by atoms with Crippen molar-refractivity contribution in [2.45, 2.75) is 51.5 Å². The van der Waals surface area contributed by atoms with Crippen LogP contribution in [-0.4, -0.2) is 36.0 Å². The van der Waals surface area contributed by atoms with E-state index in [1.54, 1.807) is 4.90 Å². The van der Waals surface area contributed by atoms with Crippen molar-refractivity contribution in [3.63, 3.8) is 0 Å². The SMILES string of the molecule is CC1CCCCC1NC(=O)C1CCN(C(N)=O)CC1. The number of rotatable bonds is 2. The Balaban J connectivity index is 1.79. The zero-order chi connectivity index (χ0) is 13.8. The number of nitrogens with zero attached hydrogens (tertiary/aromatic N) is 1. The van der Waals surface area contributed by atoms with Crippen molar-refractivity contribution < 1.29 is 9.59 Å². The number of likely N-dealkylation sites (tertiary alicyclic amines) is 1. The van der Waals surface area contributed by atoms with Crippen LogP contribution in [0.2, 0.25) is 0 Å². The molecule has 5 heteroatoms. The molecule has 2 aliphatic rings. The van der Waals surface area contributed by atoms with E-state index < -0.39 is 0 Å². The molecule has 5 nitrogen and oxygen atoms in total. The van der Waals surface area contributed by atoms with Gasteiger partial charge >= 0.3 is 6.03 Å². The first-order valence-electron chi connectivity index (χ1n) is 7.42. The molecule has 3 amide bonds. The Bertz CT molecular complexity index is 338. The van der Waals surface area contributed by atoms with Gasteiger partial charge in [0.05, 0.1) is 0 Å². The van der Waals surface area contributed by atoms with Gasteiger partial charge in [-0.2, -0.15) is 0 Å². The van der Waals surface area contributed by atoms with Crippen LogP contribution in [0.3, 0.4) is 0 Å². The molecule has 0 aromatic carbocycles. The van der Waals surface area contributed by atoms with Crippen LogP contribution in [0.1, 0.15) is 45.4 Å². The molecule has 2 fully saturated rings. The van der Waals surface area contributed by atoms with Crippen LogP contribution in [0.5, 0.6) is 0 Å². The van der Waals surface area contributed by atoms with Crippen molar-refractivity contribution in [1.82, 2.24) is 10.2 Å². The fourth-order valence-corrected chi connectivity index (χ4v) is 3.19. The molecule has 108 valence electrons. The number of primary amides is 1. The first-order valence-corrected chi connectivity index (χ1v) is 7.42. The molecule has 2 unspecified atom stereocenters. The summed E-state index contributed by atoms with van der Waals surface area (Å²) in [7, 11) is 0. The topological polar surface area (TPSA) is 75.4 Å². The molecule has 1 saturated heterocycles. The molecular formula is C14H25N3O2. The van der Waals surface area contributed by atoms with Crippen LogP contribution in [0.15, 0.2) is 0 Å².